The summed E-state index contributed by atoms with van der Waals surface area (Å²) in [5, 5.41) is 2.86. The molecule has 0 saturated carbocycles. The van der Waals surface area contributed by atoms with Crippen LogP contribution in [0.25, 0.3) is 0 Å². The van der Waals surface area contributed by atoms with Gasteiger partial charge in [0.15, 0.2) is 0 Å². The van der Waals surface area contributed by atoms with E-state index in [0.717, 1.165) is 0 Å². The summed E-state index contributed by atoms with van der Waals surface area (Å²) in [4.78, 5) is 16.1. The Hall–Kier alpha value is -1.86. The zero-order chi connectivity index (χ0) is 13.6. The number of aromatic nitrogens is 1. The lowest BCUT2D eigenvalue weighted by atomic mass is 9.97. The first kappa shape index (κ1) is 14.2. The molecule has 1 amide bonds. The van der Waals surface area contributed by atoms with Gasteiger partial charge in [0.1, 0.15) is 5.69 Å². The van der Waals surface area contributed by atoms with Crippen LogP contribution in [0, 0.1) is 17.3 Å². The predicted molar refractivity (Wildman–Crippen MR) is 72.0 cm³/mol. The maximum Gasteiger partial charge on any atom is 0.271 e. The largest absolute Gasteiger partial charge is 0.350 e. The van der Waals surface area contributed by atoms with Gasteiger partial charge in [0, 0.05) is 12.7 Å². The minimum atomic E-state index is -0.202. The lowest BCUT2D eigenvalue weighted by molar-refractivity contribution is 0.0934. The number of nitrogens with zero attached hydrogens (tertiary/aromatic N) is 1. The fourth-order valence-corrected chi connectivity index (χ4v) is 1.26. The van der Waals surface area contributed by atoms with Crippen molar-refractivity contribution in [2.24, 2.45) is 11.1 Å². The SMILES string of the molecule is CC(C)(C)CNC(=O)c1ncccc1C#CCN. The Labute approximate surface area is 108 Å². The van der Waals surface area contributed by atoms with Gasteiger partial charge in [-0.2, -0.15) is 0 Å². The molecule has 0 radical (unpaired) electrons. The number of rotatable bonds is 2. The average Bonchev–Trinajstić information content (AvgIpc) is 2.33. The summed E-state index contributed by atoms with van der Waals surface area (Å²) in [5.74, 6) is 5.38. The number of hydrogen-bond donors (Lipinski definition) is 2. The second kappa shape index (κ2) is 6.18. The molecule has 0 aromatic carbocycles. The van der Waals surface area contributed by atoms with Crippen molar-refractivity contribution in [3.05, 3.63) is 29.6 Å². The fraction of sp³-hybridized carbons (Fsp3) is 0.429. The number of pyridine rings is 1. The summed E-state index contributed by atoms with van der Waals surface area (Å²) in [5.41, 5.74) is 6.31. The van der Waals surface area contributed by atoms with Gasteiger partial charge in [-0.05, 0) is 17.5 Å². The molecule has 4 nitrogen and oxygen atoms in total. The van der Waals surface area contributed by atoms with E-state index in [4.69, 9.17) is 5.73 Å². The van der Waals surface area contributed by atoms with Crippen LogP contribution in [-0.2, 0) is 0 Å². The normalized spacial score (nSPS) is 10.4. The highest BCUT2D eigenvalue weighted by Crippen LogP contribution is 2.11. The van der Waals surface area contributed by atoms with E-state index >= 15 is 0 Å². The molecule has 4 heteroatoms. The lowest BCUT2D eigenvalue weighted by Crippen LogP contribution is -2.33. The number of carbonyl (C=O) groups is 1. The number of nitrogens with one attached hydrogen (secondary N) is 1. The summed E-state index contributed by atoms with van der Waals surface area (Å²) in [6, 6.07) is 3.52. The summed E-state index contributed by atoms with van der Waals surface area (Å²) >= 11 is 0. The summed E-state index contributed by atoms with van der Waals surface area (Å²) < 4.78 is 0. The van der Waals surface area contributed by atoms with Gasteiger partial charge in [-0.25, -0.2) is 4.98 Å². The fourth-order valence-electron chi connectivity index (χ4n) is 1.26. The number of nitrogens with two attached hydrogens (primary N) is 1. The van der Waals surface area contributed by atoms with Crippen LogP contribution >= 0.6 is 0 Å². The van der Waals surface area contributed by atoms with Crippen molar-refractivity contribution in [2.75, 3.05) is 13.1 Å². The van der Waals surface area contributed by atoms with Gasteiger partial charge < -0.3 is 11.1 Å². The van der Waals surface area contributed by atoms with E-state index in [-0.39, 0.29) is 17.9 Å². The van der Waals surface area contributed by atoms with Crippen molar-refractivity contribution >= 4 is 5.91 Å². The van der Waals surface area contributed by atoms with Crippen LogP contribution in [0.2, 0.25) is 0 Å². The summed E-state index contributed by atoms with van der Waals surface area (Å²) in [6.07, 6.45) is 1.58. The highest BCUT2D eigenvalue weighted by molar-refractivity contribution is 5.94. The van der Waals surface area contributed by atoms with Crippen LogP contribution in [0.5, 0.6) is 0 Å². The quantitative estimate of drug-likeness (QED) is 0.768. The monoisotopic (exact) mass is 245 g/mol. The van der Waals surface area contributed by atoms with E-state index in [1.54, 1.807) is 18.3 Å². The first-order chi connectivity index (χ1) is 8.44. The van der Waals surface area contributed by atoms with Crippen LogP contribution in [0.4, 0.5) is 0 Å². The molecule has 3 N–H and O–H groups in total. The van der Waals surface area contributed by atoms with E-state index < -0.39 is 0 Å². The molecule has 1 heterocycles. The Morgan fingerprint density at radius 3 is 2.83 bits per heavy atom. The van der Waals surface area contributed by atoms with E-state index in [2.05, 4.69) is 42.9 Å². The Balaban J connectivity index is 2.85. The average molecular weight is 245 g/mol. The van der Waals surface area contributed by atoms with Crippen molar-refractivity contribution in [3.8, 4) is 11.8 Å². The van der Waals surface area contributed by atoms with Gasteiger partial charge in [0.05, 0.1) is 12.1 Å². The molecular formula is C14H19N3O. The number of hydrogen-bond acceptors (Lipinski definition) is 3. The molecule has 0 saturated heterocycles. The molecule has 0 aliphatic rings. The summed E-state index contributed by atoms with van der Waals surface area (Å²) in [6.45, 7) is 7.02. The molecule has 18 heavy (non-hydrogen) atoms. The topological polar surface area (TPSA) is 68.0 Å². The van der Waals surface area contributed by atoms with Crippen molar-refractivity contribution in [2.45, 2.75) is 20.8 Å². The molecule has 1 rings (SSSR count). The molecule has 0 atom stereocenters. The van der Waals surface area contributed by atoms with Crippen LogP contribution in [0.15, 0.2) is 18.3 Å². The zero-order valence-electron chi connectivity index (χ0n) is 11.1. The third kappa shape index (κ3) is 4.56. The zero-order valence-corrected chi connectivity index (χ0v) is 11.1. The Kier molecular flexibility index (Phi) is 4.87. The highest BCUT2D eigenvalue weighted by Gasteiger charge is 2.15. The second-order valence-corrected chi connectivity index (χ2v) is 5.15. The standard InChI is InChI=1S/C14H19N3O/c1-14(2,3)10-17-13(18)12-11(6-4-8-15)7-5-9-16-12/h5,7,9H,8,10,15H2,1-3H3,(H,17,18). The van der Waals surface area contributed by atoms with Gasteiger partial charge in [0.25, 0.3) is 5.91 Å². The maximum absolute atomic E-state index is 12.0. The molecule has 0 aliphatic heterocycles. The van der Waals surface area contributed by atoms with Crippen LogP contribution < -0.4 is 11.1 Å². The number of carbonyl (C=O) groups excluding carboxylic acids is 1. The first-order valence-electron chi connectivity index (χ1n) is 5.86. The van der Waals surface area contributed by atoms with Gasteiger partial charge in [0.2, 0.25) is 0 Å². The molecule has 0 spiro atoms. The Bertz CT molecular complexity index is 478. The third-order valence-electron chi connectivity index (χ3n) is 2.13. The minimum Gasteiger partial charge on any atom is -0.350 e. The molecule has 0 unspecified atom stereocenters. The molecule has 0 aliphatic carbocycles. The van der Waals surface area contributed by atoms with Gasteiger partial charge in [-0.3, -0.25) is 4.79 Å². The smallest absolute Gasteiger partial charge is 0.271 e. The summed E-state index contributed by atoms with van der Waals surface area (Å²) in [7, 11) is 0. The third-order valence-corrected chi connectivity index (χ3v) is 2.13. The predicted octanol–water partition coefficient (Wildman–Crippen LogP) is 1.17. The lowest BCUT2D eigenvalue weighted by Gasteiger charge is -2.18. The molecule has 1 aromatic heterocycles. The van der Waals surface area contributed by atoms with Gasteiger partial charge in [-0.1, -0.05) is 32.6 Å². The van der Waals surface area contributed by atoms with Crippen molar-refractivity contribution < 1.29 is 4.79 Å². The first-order valence-corrected chi connectivity index (χ1v) is 5.86. The molecule has 96 valence electrons. The van der Waals surface area contributed by atoms with Gasteiger partial charge >= 0.3 is 0 Å². The number of amides is 1. The van der Waals surface area contributed by atoms with E-state index in [1.807, 2.05) is 0 Å². The Morgan fingerprint density at radius 2 is 2.22 bits per heavy atom. The van der Waals surface area contributed by atoms with Crippen molar-refractivity contribution in [1.29, 1.82) is 0 Å². The highest BCUT2D eigenvalue weighted by atomic mass is 16.1. The maximum atomic E-state index is 12.0. The van der Waals surface area contributed by atoms with Crippen LogP contribution in [-0.4, -0.2) is 24.0 Å². The molecule has 0 bridgehead atoms. The second-order valence-electron chi connectivity index (χ2n) is 5.15. The van der Waals surface area contributed by atoms with E-state index in [9.17, 15) is 4.79 Å². The minimum absolute atomic E-state index is 0.0353. The van der Waals surface area contributed by atoms with Gasteiger partial charge in [-0.15, -0.1) is 0 Å². The van der Waals surface area contributed by atoms with Crippen molar-refractivity contribution in [1.82, 2.24) is 10.3 Å². The van der Waals surface area contributed by atoms with E-state index in [1.165, 1.54) is 0 Å². The molecular weight excluding hydrogens is 226 g/mol. The molecule has 0 fully saturated rings. The van der Waals surface area contributed by atoms with Crippen LogP contribution in [0.1, 0.15) is 36.8 Å². The molecule has 1 aromatic rings. The van der Waals surface area contributed by atoms with Crippen LogP contribution in [0.3, 0.4) is 0 Å². The van der Waals surface area contributed by atoms with E-state index in [0.29, 0.717) is 17.8 Å². The van der Waals surface area contributed by atoms with Crippen molar-refractivity contribution in [3.63, 3.8) is 0 Å². The Morgan fingerprint density at radius 1 is 1.50 bits per heavy atom.